The van der Waals surface area contributed by atoms with Crippen LogP contribution in [0.2, 0.25) is 0 Å². The Hall–Kier alpha value is -0.0800. The van der Waals surface area contributed by atoms with Gasteiger partial charge in [-0.15, -0.1) is 0 Å². The standard InChI is InChI=1S/C27H58N2/c1-8-15-18-25(12-5)22-28(21-11-4)29(23-26(13-6)19-16-9-2)24-27(14-7)20-17-10-3/h25-27H,8-24H2,1-7H3. The van der Waals surface area contributed by atoms with Crippen LogP contribution in [0.3, 0.4) is 0 Å². The Morgan fingerprint density at radius 3 is 1.07 bits per heavy atom. The van der Waals surface area contributed by atoms with Gasteiger partial charge >= 0.3 is 0 Å². The average Bonchev–Trinajstić information content (AvgIpc) is 2.74. The molecule has 0 aromatic carbocycles. The highest BCUT2D eigenvalue weighted by Crippen LogP contribution is 2.23. The Bertz CT molecular complexity index is 312. The first-order valence-corrected chi connectivity index (χ1v) is 13.6. The van der Waals surface area contributed by atoms with Crippen LogP contribution in [0.5, 0.6) is 0 Å². The highest BCUT2D eigenvalue weighted by molar-refractivity contribution is 4.72. The van der Waals surface area contributed by atoms with Crippen LogP contribution >= 0.6 is 0 Å². The zero-order valence-corrected chi connectivity index (χ0v) is 21.6. The Kier molecular flexibility index (Phi) is 19.8. The molecular weight excluding hydrogens is 352 g/mol. The second-order valence-corrected chi connectivity index (χ2v) is 9.53. The van der Waals surface area contributed by atoms with Crippen LogP contribution in [-0.2, 0) is 0 Å². The van der Waals surface area contributed by atoms with Gasteiger partial charge in [-0.3, -0.25) is 0 Å². The molecule has 0 N–H and O–H groups in total. The maximum absolute atomic E-state index is 2.84. The zero-order valence-electron chi connectivity index (χ0n) is 21.6. The van der Waals surface area contributed by atoms with Crippen LogP contribution in [0.4, 0.5) is 0 Å². The molecule has 3 unspecified atom stereocenters. The summed E-state index contributed by atoms with van der Waals surface area (Å²) in [6, 6.07) is 0. The van der Waals surface area contributed by atoms with Crippen LogP contribution < -0.4 is 0 Å². The molecule has 0 aliphatic heterocycles. The fourth-order valence-electron chi connectivity index (χ4n) is 4.56. The summed E-state index contributed by atoms with van der Waals surface area (Å²) in [6.07, 6.45) is 17.6. The van der Waals surface area contributed by atoms with E-state index in [1.807, 2.05) is 0 Å². The van der Waals surface area contributed by atoms with Crippen molar-refractivity contribution >= 4 is 0 Å². The molecule has 0 aromatic heterocycles. The van der Waals surface area contributed by atoms with E-state index in [1.165, 1.54) is 110 Å². The summed E-state index contributed by atoms with van der Waals surface area (Å²) in [5, 5.41) is 5.64. The Morgan fingerprint density at radius 2 is 0.793 bits per heavy atom. The third kappa shape index (κ3) is 13.8. The summed E-state index contributed by atoms with van der Waals surface area (Å²) in [6.45, 7) is 21.7. The predicted octanol–water partition coefficient (Wildman–Crippen LogP) is 8.56. The van der Waals surface area contributed by atoms with Crippen LogP contribution in [0, 0.1) is 17.8 Å². The normalized spacial score (nSPS) is 15.2. The monoisotopic (exact) mass is 410 g/mol. The van der Waals surface area contributed by atoms with Crippen LogP contribution in [-0.4, -0.2) is 36.2 Å². The molecule has 0 aromatic rings. The number of rotatable bonds is 21. The van der Waals surface area contributed by atoms with Crippen molar-refractivity contribution in [2.24, 2.45) is 17.8 Å². The van der Waals surface area contributed by atoms with Gasteiger partial charge in [-0.2, -0.15) is 0 Å². The van der Waals surface area contributed by atoms with Crippen molar-refractivity contribution in [2.75, 3.05) is 26.2 Å². The first-order chi connectivity index (χ1) is 14.1. The quantitative estimate of drug-likeness (QED) is 0.175. The third-order valence-corrected chi connectivity index (χ3v) is 6.92. The summed E-state index contributed by atoms with van der Waals surface area (Å²) in [7, 11) is 0. The van der Waals surface area contributed by atoms with E-state index in [1.54, 1.807) is 0 Å². The first-order valence-electron chi connectivity index (χ1n) is 13.6. The van der Waals surface area contributed by atoms with Crippen molar-refractivity contribution < 1.29 is 0 Å². The van der Waals surface area contributed by atoms with Crippen molar-refractivity contribution in [2.45, 2.75) is 132 Å². The number of unbranched alkanes of at least 4 members (excludes halogenated alkanes) is 3. The van der Waals surface area contributed by atoms with Crippen molar-refractivity contribution in [3.05, 3.63) is 0 Å². The Balaban J connectivity index is 5.34. The van der Waals surface area contributed by atoms with E-state index in [0.717, 1.165) is 17.8 Å². The molecule has 0 aliphatic carbocycles. The van der Waals surface area contributed by atoms with Gasteiger partial charge in [-0.05, 0) is 43.4 Å². The van der Waals surface area contributed by atoms with Crippen LogP contribution in [0.25, 0.3) is 0 Å². The van der Waals surface area contributed by atoms with Gasteiger partial charge < -0.3 is 0 Å². The molecule has 0 aliphatic rings. The predicted molar refractivity (Wildman–Crippen MR) is 133 cm³/mol. The lowest BCUT2D eigenvalue weighted by Gasteiger charge is -2.41. The smallest absolute Gasteiger partial charge is 0.0161 e. The molecular formula is C27H58N2. The van der Waals surface area contributed by atoms with E-state index in [2.05, 4.69) is 58.5 Å². The molecule has 0 heterocycles. The van der Waals surface area contributed by atoms with Gasteiger partial charge in [0, 0.05) is 26.2 Å². The number of nitrogens with zero attached hydrogens (tertiary/aromatic N) is 2. The highest BCUT2D eigenvalue weighted by Gasteiger charge is 2.23. The molecule has 0 amide bonds. The fraction of sp³-hybridized carbons (Fsp3) is 1.00. The Morgan fingerprint density at radius 1 is 0.448 bits per heavy atom. The summed E-state index contributed by atoms with van der Waals surface area (Å²) in [5.74, 6) is 2.57. The van der Waals surface area contributed by atoms with Gasteiger partial charge in [0.1, 0.15) is 0 Å². The summed E-state index contributed by atoms with van der Waals surface area (Å²) in [5.41, 5.74) is 0. The van der Waals surface area contributed by atoms with Gasteiger partial charge in [-0.25, -0.2) is 10.0 Å². The summed E-state index contributed by atoms with van der Waals surface area (Å²) in [4.78, 5) is 0. The molecule has 176 valence electrons. The summed E-state index contributed by atoms with van der Waals surface area (Å²) >= 11 is 0. The van der Waals surface area contributed by atoms with E-state index in [-0.39, 0.29) is 0 Å². The molecule has 2 heteroatoms. The number of hydrogen-bond acceptors (Lipinski definition) is 2. The molecule has 29 heavy (non-hydrogen) atoms. The highest BCUT2D eigenvalue weighted by atomic mass is 15.6. The average molecular weight is 411 g/mol. The molecule has 0 radical (unpaired) electrons. The maximum atomic E-state index is 2.84. The minimum Gasteiger partial charge on any atom is -0.242 e. The molecule has 2 nitrogen and oxygen atoms in total. The van der Waals surface area contributed by atoms with Crippen LogP contribution in [0.15, 0.2) is 0 Å². The van der Waals surface area contributed by atoms with Gasteiger partial charge in [0.2, 0.25) is 0 Å². The summed E-state index contributed by atoms with van der Waals surface area (Å²) < 4.78 is 0. The van der Waals surface area contributed by atoms with E-state index < -0.39 is 0 Å². The van der Waals surface area contributed by atoms with E-state index in [9.17, 15) is 0 Å². The molecule has 0 rings (SSSR count). The van der Waals surface area contributed by atoms with Gasteiger partial charge in [0.15, 0.2) is 0 Å². The molecule has 0 spiro atoms. The first kappa shape index (κ1) is 28.9. The van der Waals surface area contributed by atoms with Crippen LogP contribution in [0.1, 0.15) is 132 Å². The van der Waals surface area contributed by atoms with Gasteiger partial charge in [0.05, 0.1) is 0 Å². The molecule has 0 fully saturated rings. The van der Waals surface area contributed by atoms with Crippen molar-refractivity contribution in [3.8, 4) is 0 Å². The lowest BCUT2D eigenvalue weighted by atomic mass is 9.96. The fourth-order valence-corrected chi connectivity index (χ4v) is 4.56. The molecule has 0 bridgehead atoms. The molecule has 0 saturated heterocycles. The van der Waals surface area contributed by atoms with Crippen molar-refractivity contribution in [1.29, 1.82) is 0 Å². The zero-order chi connectivity index (χ0) is 21.9. The molecule has 3 atom stereocenters. The lowest BCUT2D eigenvalue weighted by Crippen LogP contribution is -2.49. The van der Waals surface area contributed by atoms with E-state index in [4.69, 9.17) is 0 Å². The number of hydrazine groups is 1. The largest absolute Gasteiger partial charge is 0.242 e. The lowest BCUT2D eigenvalue weighted by molar-refractivity contribution is -0.0619. The van der Waals surface area contributed by atoms with E-state index in [0.29, 0.717) is 0 Å². The van der Waals surface area contributed by atoms with Gasteiger partial charge in [0.25, 0.3) is 0 Å². The number of hydrogen-bond donors (Lipinski definition) is 0. The third-order valence-electron chi connectivity index (χ3n) is 6.92. The second-order valence-electron chi connectivity index (χ2n) is 9.53. The van der Waals surface area contributed by atoms with E-state index >= 15 is 0 Å². The topological polar surface area (TPSA) is 6.48 Å². The minimum atomic E-state index is 0.855. The van der Waals surface area contributed by atoms with Crippen molar-refractivity contribution in [1.82, 2.24) is 10.0 Å². The maximum Gasteiger partial charge on any atom is 0.0161 e. The Labute approximate surface area is 186 Å². The molecule has 0 saturated carbocycles. The minimum absolute atomic E-state index is 0.855. The van der Waals surface area contributed by atoms with Gasteiger partial charge in [-0.1, -0.05) is 106 Å². The van der Waals surface area contributed by atoms with Crippen molar-refractivity contribution in [3.63, 3.8) is 0 Å². The SMILES string of the molecule is CCCCC(CC)CN(CCC)N(CC(CC)CCCC)CC(CC)CCCC. The second kappa shape index (κ2) is 19.9.